The molecule has 2 aliphatic rings. The van der Waals surface area contributed by atoms with Crippen LogP contribution in [0.3, 0.4) is 0 Å². The molecule has 2 saturated heterocycles. The van der Waals surface area contributed by atoms with E-state index in [1.807, 2.05) is 10.9 Å². The van der Waals surface area contributed by atoms with Crippen LogP contribution in [0.25, 0.3) is 22.2 Å². The van der Waals surface area contributed by atoms with Crippen molar-refractivity contribution in [3.63, 3.8) is 0 Å². The summed E-state index contributed by atoms with van der Waals surface area (Å²) in [6.07, 6.45) is 6.50. The highest BCUT2D eigenvalue weighted by molar-refractivity contribution is 5.82. The van der Waals surface area contributed by atoms with E-state index in [1.54, 1.807) is 0 Å². The molecule has 0 amide bonds. The largest absolute Gasteiger partial charge is 0.303 e. The van der Waals surface area contributed by atoms with Crippen molar-refractivity contribution in [2.45, 2.75) is 19.4 Å². The van der Waals surface area contributed by atoms with Crippen LogP contribution in [0.1, 0.15) is 12.8 Å². The van der Waals surface area contributed by atoms with Gasteiger partial charge in [-0.05, 0) is 32.0 Å². The first-order chi connectivity index (χ1) is 10.8. The summed E-state index contributed by atoms with van der Waals surface area (Å²) in [5, 5.41) is 16.9. The van der Waals surface area contributed by atoms with Crippen LogP contribution >= 0.6 is 0 Å². The van der Waals surface area contributed by atoms with Crippen molar-refractivity contribution < 1.29 is 0 Å². The van der Waals surface area contributed by atoms with Gasteiger partial charge in [0.15, 0.2) is 0 Å². The highest BCUT2D eigenvalue weighted by Gasteiger charge is 2.43. The maximum absolute atomic E-state index is 4.36. The molecule has 0 radical (unpaired) electrons. The van der Waals surface area contributed by atoms with Gasteiger partial charge < -0.3 is 4.90 Å². The Morgan fingerprint density at radius 1 is 1.23 bits per heavy atom. The molecule has 6 heteroatoms. The third kappa shape index (κ3) is 1.87. The van der Waals surface area contributed by atoms with E-state index in [4.69, 9.17) is 0 Å². The summed E-state index contributed by atoms with van der Waals surface area (Å²) in [4.78, 5) is 2.56. The maximum atomic E-state index is 4.36. The van der Waals surface area contributed by atoms with Crippen molar-refractivity contribution in [2.24, 2.45) is 5.41 Å². The fraction of sp³-hybridized carbons (Fsp3) is 0.438. The molecular weight excluding hydrogens is 276 g/mol. The average Bonchev–Trinajstić information content (AvgIpc) is 3.30. The number of aromatic amines is 1. The van der Waals surface area contributed by atoms with Gasteiger partial charge in [-0.25, -0.2) is 0 Å². The zero-order chi connectivity index (χ0) is 14.6. The molecule has 0 spiro atoms. The van der Waals surface area contributed by atoms with Crippen LogP contribution in [0, 0.1) is 5.41 Å². The molecule has 2 fully saturated rings. The fourth-order valence-electron chi connectivity index (χ4n) is 3.97. The number of aromatic nitrogens is 5. The lowest BCUT2D eigenvalue weighted by molar-refractivity contribution is 0.260. The van der Waals surface area contributed by atoms with Crippen molar-refractivity contribution >= 4 is 10.9 Å². The number of benzene rings is 1. The first-order valence-corrected chi connectivity index (χ1v) is 7.86. The smallest absolute Gasteiger partial charge is 0.113 e. The summed E-state index contributed by atoms with van der Waals surface area (Å²) in [6, 6.07) is 6.23. The van der Waals surface area contributed by atoms with Gasteiger partial charge in [-0.1, -0.05) is 17.3 Å². The third-order valence-electron chi connectivity index (χ3n) is 5.25. The normalized spacial score (nSPS) is 27.0. The Morgan fingerprint density at radius 2 is 2.14 bits per heavy atom. The van der Waals surface area contributed by atoms with E-state index >= 15 is 0 Å². The van der Waals surface area contributed by atoms with Crippen molar-refractivity contribution in [2.75, 3.05) is 19.6 Å². The third-order valence-corrected chi connectivity index (χ3v) is 5.25. The van der Waals surface area contributed by atoms with Gasteiger partial charge in [0.25, 0.3) is 0 Å². The minimum Gasteiger partial charge on any atom is -0.303 e. The van der Waals surface area contributed by atoms with E-state index in [0.717, 1.165) is 28.7 Å². The lowest BCUT2D eigenvalue weighted by Crippen LogP contribution is -2.25. The summed E-state index contributed by atoms with van der Waals surface area (Å²) in [7, 11) is 0. The van der Waals surface area contributed by atoms with Gasteiger partial charge in [0, 0.05) is 29.5 Å². The van der Waals surface area contributed by atoms with E-state index in [0.29, 0.717) is 5.41 Å². The van der Waals surface area contributed by atoms with Crippen LogP contribution in [0.15, 0.2) is 30.6 Å². The highest BCUT2D eigenvalue weighted by atomic mass is 15.4. The predicted molar refractivity (Wildman–Crippen MR) is 83.2 cm³/mol. The van der Waals surface area contributed by atoms with Gasteiger partial charge in [-0.3, -0.25) is 9.78 Å². The van der Waals surface area contributed by atoms with Crippen LogP contribution < -0.4 is 0 Å². The lowest BCUT2D eigenvalue weighted by atomic mass is 9.85. The average molecular weight is 294 g/mol. The van der Waals surface area contributed by atoms with E-state index in [-0.39, 0.29) is 0 Å². The summed E-state index contributed by atoms with van der Waals surface area (Å²) < 4.78 is 2.03. The molecule has 1 aromatic carbocycles. The first-order valence-electron chi connectivity index (χ1n) is 7.86. The summed E-state index contributed by atoms with van der Waals surface area (Å²) in [5.74, 6) is 0. The Kier molecular flexibility index (Phi) is 2.47. The molecule has 4 heterocycles. The summed E-state index contributed by atoms with van der Waals surface area (Å²) in [6.45, 7) is 4.71. The molecule has 2 aromatic heterocycles. The zero-order valence-corrected chi connectivity index (χ0v) is 12.4. The van der Waals surface area contributed by atoms with Crippen LogP contribution in [-0.2, 0) is 6.54 Å². The van der Waals surface area contributed by atoms with Gasteiger partial charge in [0.1, 0.15) is 5.69 Å². The molecule has 2 aliphatic heterocycles. The first kappa shape index (κ1) is 12.3. The molecule has 0 saturated carbocycles. The van der Waals surface area contributed by atoms with Crippen LogP contribution in [-0.4, -0.2) is 49.7 Å². The highest BCUT2D eigenvalue weighted by Crippen LogP contribution is 2.41. The molecule has 0 atom stereocenters. The summed E-state index contributed by atoms with van der Waals surface area (Å²) >= 11 is 0. The van der Waals surface area contributed by atoms with Crippen molar-refractivity contribution in [3.8, 4) is 11.3 Å². The Morgan fingerprint density at radius 3 is 2.95 bits per heavy atom. The van der Waals surface area contributed by atoms with Crippen LogP contribution in [0.2, 0.25) is 0 Å². The van der Waals surface area contributed by atoms with Gasteiger partial charge >= 0.3 is 0 Å². The van der Waals surface area contributed by atoms with Crippen molar-refractivity contribution in [1.29, 1.82) is 0 Å². The SMILES string of the molecule is c1cc2cn[nH]c2cc1-c1cn(CC23CCN(CC2)C3)nn1. The van der Waals surface area contributed by atoms with E-state index < -0.39 is 0 Å². The second-order valence-corrected chi connectivity index (χ2v) is 6.75. The van der Waals surface area contributed by atoms with Crippen LogP contribution in [0.4, 0.5) is 0 Å². The van der Waals surface area contributed by atoms with Gasteiger partial charge in [-0.15, -0.1) is 5.10 Å². The summed E-state index contributed by atoms with van der Waals surface area (Å²) in [5.41, 5.74) is 3.48. The molecule has 112 valence electrons. The minimum atomic E-state index is 0.429. The molecule has 1 N–H and O–H groups in total. The molecule has 0 aliphatic carbocycles. The molecule has 6 nitrogen and oxygen atoms in total. The van der Waals surface area contributed by atoms with Gasteiger partial charge in [0.2, 0.25) is 0 Å². The molecular formula is C16H18N6. The number of hydrogen-bond donors (Lipinski definition) is 1. The number of rotatable bonds is 3. The fourth-order valence-corrected chi connectivity index (χ4v) is 3.97. The number of piperidine rings is 1. The lowest BCUT2D eigenvalue weighted by Gasteiger charge is -2.24. The second-order valence-electron chi connectivity index (χ2n) is 6.75. The Bertz CT molecular complexity index is 824. The topological polar surface area (TPSA) is 62.6 Å². The monoisotopic (exact) mass is 294 g/mol. The standard InChI is InChI=1S/C16H18N6/c1-2-13-8-17-18-14(13)7-12(1)15-9-22(20-19-15)11-16-3-5-21(10-16)6-4-16/h1-2,7-9H,3-6,10-11H2,(H,17,18). The second kappa shape index (κ2) is 4.39. The van der Waals surface area contributed by atoms with E-state index in [9.17, 15) is 0 Å². The number of hydrogen-bond acceptors (Lipinski definition) is 4. The molecule has 0 unspecified atom stereocenters. The Hall–Kier alpha value is -2.21. The van der Waals surface area contributed by atoms with E-state index in [2.05, 4.69) is 49.8 Å². The number of fused-ring (bicyclic) bond motifs is 3. The van der Waals surface area contributed by atoms with Crippen molar-refractivity contribution in [3.05, 3.63) is 30.6 Å². The number of H-pyrrole nitrogens is 1. The maximum Gasteiger partial charge on any atom is 0.113 e. The predicted octanol–water partition coefficient (Wildman–Crippen LogP) is 1.92. The Balaban J connectivity index is 1.43. The van der Waals surface area contributed by atoms with Crippen LogP contribution in [0.5, 0.6) is 0 Å². The molecule has 5 rings (SSSR count). The van der Waals surface area contributed by atoms with Crippen molar-refractivity contribution in [1.82, 2.24) is 30.1 Å². The molecule has 22 heavy (non-hydrogen) atoms. The van der Waals surface area contributed by atoms with E-state index in [1.165, 1.54) is 32.5 Å². The van der Waals surface area contributed by atoms with Gasteiger partial charge in [0.05, 0.1) is 17.9 Å². The number of nitrogens with zero attached hydrogens (tertiary/aromatic N) is 5. The zero-order valence-electron chi connectivity index (χ0n) is 12.4. The molecule has 2 bridgehead atoms. The Labute approximate surface area is 128 Å². The molecule has 3 aromatic rings. The quantitative estimate of drug-likeness (QED) is 0.801. The van der Waals surface area contributed by atoms with Gasteiger partial charge in [-0.2, -0.15) is 5.10 Å². The minimum absolute atomic E-state index is 0.429. The number of nitrogens with one attached hydrogen (secondary N) is 1.